The van der Waals surface area contributed by atoms with Crippen molar-refractivity contribution in [3.63, 3.8) is 0 Å². The van der Waals surface area contributed by atoms with Gasteiger partial charge in [-0.05, 0) is 42.0 Å². The topological polar surface area (TPSA) is 98.2 Å². The van der Waals surface area contributed by atoms with Crippen molar-refractivity contribution in [2.75, 3.05) is 19.1 Å². The Morgan fingerprint density at radius 2 is 1.73 bits per heavy atom. The van der Waals surface area contributed by atoms with Crippen LogP contribution in [0.1, 0.15) is 17.2 Å². The highest BCUT2D eigenvalue weighted by Crippen LogP contribution is 2.44. The van der Waals surface area contributed by atoms with Gasteiger partial charge in [0.1, 0.15) is 23.0 Å². The number of methoxy groups -OCH3 is 2. The number of amides is 1. The SMILES string of the molecule is COc1cc(/C(O)=C2\C(=O)C(=O)N(c3ccc(OC(F)(F)F)cc3)C2c2cccnc2)c(OC)cc1Cl. The summed E-state index contributed by atoms with van der Waals surface area (Å²) in [6.07, 6.45) is -2.02. The molecule has 1 aromatic heterocycles. The maximum Gasteiger partial charge on any atom is 0.573 e. The largest absolute Gasteiger partial charge is 0.573 e. The summed E-state index contributed by atoms with van der Waals surface area (Å²) in [5.74, 6) is -2.84. The van der Waals surface area contributed by atoms with Gasteiger partial charge in [-0.3, -0.25) is 19.5 Å². The van der Waals surface area contributed by atoms with E-state index < -0.39 is 35.6 Å². The number of carbonyl (C=O) groups is 2. The van der Waals surface area contributed by atoms with E-state index in [4.69, 9.17) is 21.1 Å². The number of aromatic nitrogens is 1. The van der Waals surface area contributed by atoms with Crippen molar-refractivity contribution in [2.24, 2.45) is 0 Å². The van der Waals surface area contributed by atoms with E-state index in [1.807, 2.05) is 0 Å². The van der Waals surface area contributed by atoms with Gasteiger partial charge >= 0.3 is 6.36 Å². The number of carbonyl (C=O) groups excluding carboxylic acids is 2. The van der Waals surface area contributed by atoms with Gasteiger partial charge in [0.15, 0.2) is 0 Å². The molecular weight excluding hydrogens is 517 g/mol. The molecule has 0 aliphatic carbocycles. The zero-order valence-corrected chi connectivity index (χ0v) is 20.0. The number of pyridine rings is 1. The number of halogens is 4. The van der Waals surface area contributed by atoms with Crippen molar-refractivity contribution < 1.29 is 42.1 Å². The number of hydrogen-bond donors (Lipinski definition) is 1. The number of Topliss-reactive ketones (excluding diaryl/α,β-unsaturated/α-hetero) is 1. The van der Waals surface area contributed by atoms with Crippen molar-refractivity contribution in [2.45, 2.75) is 12.4 Å². The fourth-order valence-electron chi connectivity index (χ4n) is 3.95. The fourth-order valence-corrected chi connectivity index (χ4v) is 4.18. The van der Waals surface area contributed by atoms with Crippen LogP contribution in [0, 0.1) is 0 Å². The monoisotopic (exact) mass is 534 g/mol. The first-order valence-electron chi connectivity index (χ1n) is 10.5. The second kappa shape index (κ2) is 10.0. The van der Waals surface area contributed by atoms with Crippen LogP contribution < -0.4 is 19.1 Å². The van der Waals surface area contributed by atoms with Crippen LogP contribution in [-0.2, 0) is 9.59 Å². The Hall–Kier alpha value is -4.25. The van der Waals surface area contributed by atoms with Gasteiger partial charge in [0, 0.05) is 24.1 Å². The summed E-state index contributed by atoms with van der Waals surface area (Å²) in [5.41, 5.74) is 0.185. The quantitative estimate of drug-likeness (QED) is 0.261. The number of hydrogen-bond acceptors (Lipinski definition) is 7. The van der Waals surface area contributed by atoms with Gasteiger partial charge in [-0.1, -0.05) is 17.7 Å². The second-order valence-electron chi connectivity index (χ2n) is 7.68. The lowest BCUT2D eigenvalue weighted by atomic mass is 9.95. The molecule has 0 radical (unpaired) electrons. The first-order chi connectivity index (χ1) is 17.6. The molecule has 0 saturated carbocycles. The number of aliphatic hydroxyl groups is 1. The predicted molar refractivity (Wildman–Crippen MR) is 127 cm³/mol. The average Bonchev–Trinajstić information content (AvgIpc) is 3.13. The molecule has 2 heterocycles. The molecule has 192 valence electrons. The molecule has 3 aromatic rings. The van der Waals surface area contributed by atoms with E-state index in [1.54, 1.807) is 12.1 Å². The van der Waals surface area contributed by atoms with E-state index in [9.17, 15) is 27.9 Å². The number of aliphatic hydroxyl groups excluding tert-OH is 1. The second-order valence-corrected chi connectivity index (χ2v) is 8.09. The molecule has 1 aliphatic heterocycles. The zero-order valence-electron chi connectivity index (χ0n) is 19.2. The summed E-state index contributed by atoms with van der Waals surface area (Å²) in [6.45, 7) is 0. The van der Waals surface area contributed by atoms with E-state index in [0.29, 0.717) is 5.56 Å². The molecule has 1 aliphatic rings. The van der Waals surface area contributed by atoms with Gasteiger partial charge < -0.3 is 19.3 Å². The van der Waals surface area contributed by atoms with Gasteiger partial charge in [0.25, 0.3) is 11.7 Å². The maximum absolute atomic E-state index is 13.3. The van der Waals surface area contributed by atoms with Gasteiger partial charge in [-0.2, -0.15) is 0 Å². The highest BCUT2D eigenvalue weighted by Gasteiger charge is 2.47. The van der Waals surface area contributed by atoms with Crippen LogP contribution >= 0.6 is 11.6 Å². The van der Waals surface area contributed by atoms with Gasteiger partial charge in [0.05, 0.1) is 36.4 Å². The molecule has 0 bridgehead atoms. The number of benzene rings is 2. The Balaban J connectivity index is 1.90. The minimum absolute atomic E-state index is 0.0320. The van der Waals surface area contributed by atoms with Gasteiger partial charge in [-0.25, -0.2) is 0 Å². The van der Waals surface area contributed by atoms with Crippen molar-refractivity contribution >= 4 is 34.7 Å². The molecular formula is C25H18ClF3N2O6. The molecule has 37 heavy (non-hydrogen) atoms. The molecule has 1 atom stereocenters. The van der Waals surface area contributed by atoms with Crippen LogP contribution in [0.4, 0.5) is 18.9 Å². The molecule has 1 fully saturated rings. The average molecular weight is 535 g/mol. The smallest absolute Gasteiger partial charge is 0.507 e. The lowest BCUT2D eigenvalue weighted by molar-refractivity contribution is -0.274. The molecule has 1 N–H and O–H groups in total. The third-order valence-corrected chi connectivity index (χ3v) is 5.82. The highest BCUT2D eigenvalue weighted by molar-refractivity contribution is 6.51. The number of ketones is 1. The van der Waals surface area contributed by atoms with E-state index in [-0.39, 0.29) is 33.3 Å². The number of anilines is 1. The summed E-state index contributed by atoms with van der Waals surface area (Å²) in [6, 6.07) is 9.13. The van der Waals surface area contributed by atoms with Crippen molar-refractivity contribution in [3.05, 3.63) is 82.6 Å². The molecule has 2 aromatic carbocycles. The number of alkyl halides is 3. The van der Waals surface area contributed by atoms with E-state index in [1.165, 1.54) is 50.9 Å². The van der Waals surface area contributed by atoms with Gasteiger partial charge in [-0.15, -0.1) is 13.2 Å². The molecule has 12 heteroatoms. The third-order valence-electron chi connectivity index (χ3n) is 5.52. The van der Waals surface area contributed by atoms with Crippen LogP contribution in [0.15, 0.2) is 66.5 Å². The normalized spacial score (nSPS) is 17.1. The van der Waals surface area contributed by atoms with Crippen molar-refractivity contribution in [1.82, 2.24) is 4.98 Å². The summed E-state index contributed by atoms with van der Waals surface area (Å²) >= 11 is 6.16. The van der Waals surface area contributed by atoms with E-state index >= 15 is 0 Å². The van der Waals surface area contributed by atoms with Crippen LogP contribution in [0.25, 0.3) is 5.76 Å². The number of ether oxygens (including phenoxy) is 3. The van der Waals surface area contributed by atoms with Crippen molar-refractivity contribution in [1.29, 1.82) is 0 Å². The first-order valence-corrected chi connectivity index (χ1v) is 10.9. The predicted octanol–water partition coefficient (Wildman–Crippen LogP) is 5.28. The summed E-state index contributed by atoms with van der Waals surface area (Å²) in [5, 5.41) is 11.5. The minimum atomic E-state index is -4.90. The Morgan fingerprint density at radius 1 is 1.05 bits per heavy atom. The summed E-state index contributed by atoms with van der Waals surface area (Å²) in [4.78, 5) is 31.6. The van der Waals surface area contributed by atoms with Crippen LogP contribution in [0.2, 0.25) is 5.02 Å². The Labute approximate surface area is 213 Å². The Morgan fingerprint density at radius 3 is 2.30 bits per heavy atom. The Kier molecular flexibility index (Phi) is 6.99. The molecule has 1 saturated heterocycles. The van der Waals surface area contributed by atoms with Gasteiger partial charge in [0.2, 0.25) is 0 Å². The fraction of sp³-hybridized carbons (Fsp3) is 0.160. The van der Waals surface area contributed by atoms with Crippen molar-refractivity contribution in [3.8, 4) is 17.2 Å². The Bertz CT molecular complexity index is 1380. The first kappa shape index (κ1) is 25.8. The molecule has 4 rings (SSSR count). The summed E-state index contributed by atoms with van der Waals surface area (Å²) < 4.78 is 52.2. The summed E-state index contributed by atoms with van der Waals surface area (Å²) in [7, 11) is 2.69. The molecule has 0 spiro atoms. The molecule has 8 nitrogen and oxygen atoms in total. The van der Waals surface area contributed by atoms with Crippen LogP contribution in [0.3, 0.4) is 0 Å². The van der Waals surface area contributed by atoms with E-state index in [0.717, 1.165) is 17.0 Å². The van der Waals surface area contributed by atoms with Crippen LogP contribution in [-0.4, -0.2) is 42.4 Å². The lowest BCUT2D eigenvalue weighted by Crippen LogP contribution is -2.29. The highest BCUT2D eigenvalue weighted by atomic mass is 35.5. The third kappa shape index (κ3) is 5.03. The lowest BCUT2D eigenvalue weighted by Gasteiger charge is -2.25. The maximum atomic E-state index is 13.3. The number of nitrogens with zero attached hydrogens (tertiary/aromatic N) is 2. The molecule has 1 unspecified atom stereocenters. The standard InChI is InChI=1S/C25H18ClF3N2O6/c1-35-18-11-17(26)19(36-2)10-16(18)22(32)20-21(13-4-3-9-30-12-13)31(24(34)23(20)33)14-5-7-15(8-6-14)37-25(27,28)29/h3-12,21,32H,1-2H3/b22-20+. The number of rotatable bonds is 6. The van der Waals surface area contributed by atoms with E-state index in [2.05, 4.69) is 9.72 Å². The molecule has 1 amide bonds. The zero-order chi connectivity index (χ0) is 26.9. The van der Waals surface area contributed by atoms with Crippen LogP contribution in [0.5, 0.6) is 17.2 Å². The minimum Gasteiger partial charge on any atom is -0.507 e.